The molecule has 0 bridgehead atoms. The van der Waals surface area contributed by atoms with E-state index in [4.69, 9.17) is 11.6 Å². The van der Waals surface area contributed by atoms with E-state index in [2.05, 4.69) is 87.9 Å². The van der Waals surface area contributed by atoms with Crippen LogP contribution in [0.4, 0.5) is 5.69 Å². The van der Waals surface area contributed by atoms with Crippen molar-refractivity contribution in [1.29, 1.82) is 0 Å². The number of rotatable bonds is 9. The smallest absolute Gasteiger partial charge is 0.187 e. The van der Waals surface area contributed by atoms with Crippen LogP contribution in [0.25, 0.3) is 23.1 Å². The van der Waals surface area contributed by atoms with Gasteiger partial charge in [-0.2, -0.15) is 0 Å². The zero-order valence-corrected chi connectivity index (χ0v) is 25.8. The summed E-state index contributed by atoms with van der Waals surface area (Å²) in [5.41, 5.74) is 8.79. The van der Waals surface area contributed by atoms with Gasteiger partial charge in [-0.05, 0) is 67.8 Å². The van der Waals surface area contributed by atoms with Crippen molar-refractivity contribution in [3.05, 3.63) is 129 Å². The molecule has 5 aromatic rings. The molecule has 222 valence electrons. The Labute approximate surface area is 262 Å². The maximum atomic E-state index is 13.6. The molecular formula is C36H35ClN6O. The first kappa shape index (κ1) is 29.5. The normalized spacial score (nSPS) is 15.8. The van der Waals surface area contributed by atoms with Crippen molar-refractivity contribution in [3.63, 3.8) is 0 Å². The lowest BCUT2D eigenvalue weighted by atomic mass is 9.94. The van der Waals surface area contributed by atoms with Gasteiger partial charge in [-0.3, -0.25) is 19.4 Å². The van der Waals surface area contributed by atoms with Crippen molar-refractivity contribution in [3.8, 4) is 0 Å². The van der Waals surface area contributed by atoms with Crippen LogP contribution < -0.4 is 5.32 Å². The molecule has 0 atom stereocenters. The highest BCUT2D eigenvalue weighted by molar-refractivity contribution is 6.31. The van der Waals surface area contributed by atoms with Crippen LogP contribution in [-0.4, -0.2) is 50.3 Å². The van der Waals surface area contributed by atoms with E-state index in [1.54, 1.807) is 6.20 Å². The average Bonchev–Trinajstić information content (AvgIpc) is 3.46. The van der Waals surface area contributed by atoms with Crippen molar-refractivity contribution < 1.29 is 4.79 Å². The third-order valence-corrected chi connectivity index (χ3v) is 8.00. The van der Waals surface area contributed by atoms with Gasteiger partial charge in [0.15, 0.2) is 5.78 Å². The summed E-state index contributed by atoms with van der Waals surface area (Å²) in [7, 11) is 0. The van der Waals surface area contributed by atoms with Crippen molar-refractivity contribution in [2.45, 2.75) is 33.4 Å². The van der Waals surface area contributed by atoms with Crippen LogP contribution in [0, 0.1) is 13.8 Å². The predicted molar refractivity (Wildman–Crippen MR) is 178 cm³/mol. The molecule has 0 saturated carbocycles. The number of pyridine rings is 1. The molecule has 8 heteroatoms. The molecule has 0 amide bonds. The molecular weight excluding hydrogens is 568 g/mol. The molecule has 7 nitrogen and oxygen atoms in total. The molecule has 3 heterocycles. The molecule has 0 spiro atoms. The van der Waals surface area contributed by atoms with E-state index < -0.39 is 0 Å². The number of carbonyl (C=O) groups is 1. The Morgan fingerprint density at radius 2 is 1.55 bits per heavy atom. The number of halogens is 1. The molecule has 1 aliphatic rings. The monoisotopic (exact) mass is 602 g/mol. The summed E-state index contributed by atoms with van der Waals surface area (Å²) in [6, 6.07) is 24.3. The van der Waals surface area contributed by atoms with Gasteiger partial charge in [0.05, 0.1) is 11.2 Å². The van der Waals surface area contributed by atoms with Crippen LogP contribution in [0.3, 0.4) is 0 Å². The summed E-state index contributed by atoms with van der Waals surface area (Å²) in [5, 5.41) is 14.1. The van der Waals surface area contributed by atoms with Crippen molar-refractivity contribution in [2.75, 3.05) is 25.0 Å². The van der Waals surface area contributed by atoms with Gasteiger partial charge in [-0.1, -0.05) is 76.5 Å². The highest BCUT2D eigenvalue weighted by Gasteiger charge is 2.27. The Hall–Kier alpha value is -4.59. The number of carbonyl (C=O) groups excluding carboxylic acids is 1. The van der Waals surface area contributed by atoms with Gasteiger partial charge in [-0.15, -0.1) is 5.10 Å². The van der Waals surface area contributed by atoms with Gasteiger partial charge in [0.2, 0.25) is 0 Å². The Bertz CT molecular complexity index is 1770. The zero-order valence-electron chi connectivity index (χ0n) is 25.0. The van der Waals surface area contributed by atoms with Crippen LogP contribution in [0.5, 0.6) is 0 Å². The van der Waals surface area contributed by atoms with Gasteiger partial charge >= 0.3 is 0 Å². The highest BCUT2D eigenvalue weighted by Crippen LogP contribution is 2.25. The second-order valence-corrected chi connectivity index (χ2v) is 11.8. The molecule has 1 aliphatic heterocycles. The minimum atomic E-state index is 0.101. The fourth-order valence-electron chi connectivity index (χ4n) is 5.44. The summed E-state index contributed by atoms with van der Waals surface area (Å²) in [4.78, 5) is 20.3. The van der Waals surface area contributed by atoms with E-state index in [1.165, 1.54) is 11.1 Å². The minimum Gasteiger partial charge on any atom is -0.384 e. The lowest BCUT2D eigenvalue weighted by molar-refractivity contribution is -0.113. The quantitative estimate of drug-likeness (QED) is 0.143. The number of ketones is 1. The molecule has 3 aromatic carbocycles. The van der Waals surface area contributed by atoms with E-state index in [-0.39, 0.29) is 5.78 Å². The third-order valence-electron chi connectivity index (χ3n) is 7.76. The molecule has 44 heavy (non-hydrogen) atoms. The standard InChI is InChI=1S/C36H35ClN6O/c1-25-4-8-27(9-5-25)18-29-21-42(22-30(36(29)44)19-28-10-6-26(2)7-11-28)23-32-24-43(41-40-32)17-3-15-38-34-14-16-39-35-20-31(37)12-13-33(34)35/h4-14,16,18-20,24H,3,15,17,21-23H2,1-2H3,(H,38,39). The SMILES string of the molecule is Cc1ccc(C=C2CN(Cc3cn(CCCNc4ccnc5cc(Cl)ccc45)nn3)CC(=Cc3ccc(C)cc3)C2=O)cc1. The zero-order chi connectivity index (χ0) is 30.5. The number of anilines is 1. The number of aryl methyl sites for hydroxylation is 3. The summed E-state index contributed by atoms with van der Waals surface area (Å²) in [6.07, 6.45) is 8.71. The summed E-state index contributed by atoms with van der Waals surface area (Å²) >= 11 is 6.13. The second kappa shape index (κ2) is 13.4. The third kappa shape index (κ3) is 7.30. The predicted octanol–water partition coefficient (Wildman–Crippen LogP) is 7.15. The Morgan fingerprint density at radius 1 is 0.886 bits per heavy atom. The fourth-order valence-corrected chi connectivity index (χ4v) is 5.60. The van der Waals surface area contributed by atoms with Crippen LogP contribution in [0.2, 0.25) is 5.02 Å². The van der Waals surface area contributed by atoms with Crippen molar-refractivity contribution in [1.82, 2.24) is 24.9 Å². The molecule has 1 fully saturated rings. The number of hydrogen-bond acceptors (Lipinski definition) is 6. The summed E-state index contributed by atoms with van der Waals surface area (Å²) in [5.74, 6) is 0.101. The second-order valence-electron chi connectivity index (χ2n) is 11.4. The minimum absolute atomic E-state index is 0.101. The van der Waals surface area contributed by atoms with Gasteiger partial charge in [0.1, 0.15) is 0 Å². The fraction of sp³-hybridized carbons (Fsp3) is 0.222. The first-order valence-electron chi connectivity index (χ1n) is 14.9. The number of nitrogens with one attached hydrogen (secondary N) is 1. The van der Waals surface area contributed by atoms with Crippen LogP contribution in [-0.2, 0) is 17.9 Å². The maximum absolute atomic E-state index is 13.6. The van der Waals surface area contributed by atoms with E-state index in [0.29, 0.717) is 24.7 Å². The summed E-state index contributed by atoms with van der Waals surface area (Å²) in [6.45, 7) is 7.37. The van der Waals surface area contributed by atoms with E-state index in [9.17, 15) is 4.79 Å². The van der Waals surface area contributed by atoms with Crippen LogP contribution >= 0.6 is 11.6 Å². The number of nitrogens with zero attached hydrogens (tertiary/aromatic N) is 5. The molecule has 0 unspecified atom stereocenters. The highest BCUT2D eigenvalue weighted by atomic mass is 35.5. The Kier molecular flexibility index (Phi) is 8.96. The lowest BCUT2D eigenvalue weighted by Crippen LogP contribution is -2.37. The number of benzene rings is 3. The number of likely N-dealkylation sites (tertiary alicyclic amines) is 1. The maximum Gasteiger partial charge on any atom is 0.187 e. The number of fused-ring (bicyclic) bond motifs is 1. The molecule has 1 N–H and O–H groups in total. The molecule has 6 rings (SSSR count). The lowest BCUT2D eigenvalue weighted by Gasteiger charge is -2.29. The van der Waals surface area contributed by atoms with E-state index in [1.807, 2.05) is 47.3 Å². The Morgan fingerprint density at radius 3 is 2.20 bits per heavy atom. The average molecular weight is 603 g/mol. The Balaban J connectivity index is 1.12. The number of piperidine rings is 1. The van der Waals surface area contributed by atoms with Crippen molar-refractivity contribution >= 4 is 46.1 Å². The summed E-state index contributed by atoms with van der Waals surface area (Å²) < 4.78 is 1.89. The largest absolute Gasteiger partial charge is 0.384 e. The first-order chi connectivity index (χ1) is 21.4. The van der Waals surface area contributed by atoms with Crippen LogP contribution in [0.15, 0.2) is 96.3 Å². The first-order valence-corrected chi connectivity index (χ1v) is 15.3. The van der Waals surface area contributed by atoms with Crippen molar-refractivity contribution in [2.24, 2.45) is 0 Å². The molecule has 2 aromatic heterocycles. The van der Waals surface area contributed by atoms with E-state index >= 15 is 0 Å². The van der Waals surface area contributed by atoms with Gasteiger partial charge in [0.25, 0.3) is 0 Å². The van der Waals surface area contributed by atoms with Gasteiger partial charge in [0, 0.05) is 72.4 Å². The van der Waals surface area contributed by atoms with E-state index in [0.717, 1.165) is 64.1 Å². The number of hydrogen-bond donors (Lipinski definition) is 1. The van der Waals surface area contributed by atoms with Gasteiger partial charge in [-0.25, -0.2) is 0 Å². The molecule has 0 radical (unpaired) electrons. The van der Waals surface area contributed by atoms with Crippen LogP contribution in [0.1, 0.15) is 34.4 Å². The molecule has 0 aliphatic carbocycles. The molecule has 1 saturated heterocycles. The number of aromatic nitrogens is 4. The number of Topliss-reactive ketones (excluding diaryl/α,β-unsaturated/α-hetero) is 1. The van der Waals surface area contributed by atoms with Gasteiger partial charge < -0.3 is 5.32 Å². The topological polar surface area (TPSA) is 75.9 Å².